The molecule has 1 aliphatic rings. The van der Waals surface area contributed by atoms with E-state index >= 15 is 0 Å². The number of rotatable bonds is 5. The van der Waals surface area contributed by atoms with Crippen molar-refractivity contribution in [3.05, 3.63) is 64.7 Å². The molecule has 25 heavy (non-hydrogen) atoms. The largest absolute Gasteiger partial charge is 0.478 e. The second kappa shape index (κ2) is 6.70. The van der Waals surface area contributed by atoms with Crippen molar-refractivity contribution in [3.63, 3.8) is 0 Å². The molecule has 0 radical (unpaired) electrons. The Bertz CT molecular complexity index is 746. The van der Waals surface area contributed by atoms with Crippen LogP contribution >= 0.6 is 11.6 Å². The first-order valence-corrected chi connectivity index (χ1v) is 8.67. The van der Waals surface area contributed by atoms with E-state index < -0.39 is 11.2 Å². The van der Waals surface area contributed by atoms with E-state index in [-0.39, 0.29) is 12.5 Å². The summed E-state index contributed by atoms with van der Waals surface area (Å²) in [4.78, 5) is 12.5. The number of fused-ring (bicyclic) bond motifs is 1. The van der Waals surface area contributed by atoms with Crippen LogP contribution in [-0.4, -0.2) is 28.8 Å². The lowest BCUT2D eigenvalue weighted by Crippen LogP contribution is -2.52. The Balaban J connectivity index is 1.59. The molecule has 1 aliphatic carbocycles. The predicted octanol–water partition coefficient (Wildman–Crippen LogP) is 3.14. The van der Waals surface area contributed by atoms with Crippen LogP contribution in [0.4, 0.5) is 0 Å². The Labute approximate surface area is 152 Å². The lowest BCUT2D eigenvalue weighted by atomic mass is 9.99. The normalized spacial score (nSPS) is 15.5. The number of aliphatic hydroxyl groups is 1. The summed E-state index contributed by atoms with van der Waals surface area (Å²) in [6.07, 6.45) is 1.09. The smallest absolute Gasteiger partial charge is 0.263 e. The van der Waals surface area contributed by atoms with Gasteiger partial charge in [-0.1, -0.05) is 35.9 Å². The van der Waals surface area contributed by atoms with Gasteiger partial charge in [-0.15, -0.1) is 0 Å². The lowest BCUT2D eigenvalue weighted by Gasteiger charge is -2.28. The lowest BCUT2D eigenvalue weighted by molar-refractivity contribution is -0.135. The molecule has 0 spiro atoms. The molecule has 2 N–H and O–H groups in total. The number of carbonyl (C=O) groups is 1. The van der Waals surface area contributed by atoms with Crippen molar-refractivity contribution in [2.45, 2.75) is 37.9 Å². The van der Waals surface area contributed by atoms with Crippen LogP contribution in [0.25, 0.3) is 0 Å². The zero-order valence-electron chi connectivity index (χ0n) is 14.4. The highest BCUT2D eigenvalue weighted by Crippen LogP contribution is 2.29. The topological polar surface area (TPSA) is 58.6 Å². The highest BCUT2D eigenvalue weighted by Gasteiger charge is 2.37. The van der Waals surface area contributed by atoms with E-state index in [1.165, 1.54) is 0 Å². The van der Waals surface area contributed by atoms with E-state index in [9.17, 15) is 9.90 Å². The molecule has 3 rings (SSSR count). The first-order valence-electron chi connectivity index (χ1n) is 8.29. The summed E-state index contributed by atoms with van der Waals surface area (Å²) in [6.45, 7) is 3.59. The van der Waals surface area contributed by atoms with Crippen molar-refractivity contribution in [2.75, 3.05) is 6.54 Å². The molecule has 0 saturated carbocycles. The van der Waals surface area contributed by atoms with Gasteiger partial charge in [0, 0.05) is 24.4 Å². The summed E-state index contributed by atoms with van der Waals surface area (Å²) in [5.74, 6) is 0.295. The fourth-order valence-corrected chi connectivity index (χ4v) is 3.23. The zero-order valence-corrected chi connectivity index (χ0v) is 15.1. The van der Waals surface area contributed by atoms with E-state index in [1.807, 2.05) is 24.3 Å². The number of nitrogens with one attached hydrogen (secondary N) is 1. The number of carbonyl (C=O) groups excluding carboxylic acids is 1. The summed E-state index contributed by atoms with van der Waals surface area (Å²) >= 11 is 5.86. The Morgan fingerprint density at radius 2 is 1.72 bits per heavy atom. The highest BCUT2D eigenvalue weighted by atomic mass is 35.5. The van der Waals surface area contributed by atoms with Crippen molar-refractivity contribution in [3.8, 4) is 5.75 Å². The van der Waals surface area contributed by atoms with Crippen molar-refractivity contribution >= 4 is 17.5 Å². The minimum Gasteiger partial charge on any atom is -0.478 e. The number of benzene rings is 2. The number of hydrogen-bond acceptors (Lipinski definition) is 3. The molecule has 0 bridgehead atoms. The molecular formula is C20H22ClNO3. The SMILES string of the molecule is CC(C)(Oc1ccc(Cl)cc1)C(=O)NCC1(O)Cc2ccccc2C1. The molecule has 0 fully saturated rings. The van der Waals surface area contributed by atoms with Crippen molar-refractivity contribution in [1.82, 2.24) is 5.32 Å². The molecule has 2 aromatic carbocycles. The molecule has 0 unspecified atom stereocenters. The predicted molar refractivity (Wildman–Crippen MR) is 98.0 cm³/mol. The summed E-state index contributed by atoms with van der Waals surface area (Å²) in [6, 6.07) is 14.8. The Hall–Kier alpha value is -2.04. The third-order valence-electron chi connectivity index (χ3n) is 4.47. The molecule has 0 aromatic heterocycles. The summed E-state index contributed by atoms with van der Waals surface area (Å²) in [7, 11) is 0. The van der Waals surface area contributed by atoms with Crippen LogP contribution in [0.5, 0.6) is 5.75 Å². The Kier molecular flexibility index (Phi) is 4.76. The average Bonchev–Trinajstić information content (AvgIpc) is 2.91. The van der Waals surface area contributed by atoms with Crippen LogP contribution in [0.3, 0.4) is 0 Å². The third kappa shape index (κ3) is 4.14. The molecule has 5 heteroatoms. The van der Waals surface area contributed by atoms with Gasteiger partial charge in [-0.3, -0.25) is 4.79 Å². The van der Waals surface area contributed by atoms with Gasteiger partial charge in [0.1, 0.15) is 5.75 Å². The zero-order chi connectivity index (χ0) is 18.1. The molecule has 0 aliphatic heterocycles. The maximum Gasteiger partial charge on any atom is 0.263 e. The molecule has 0 saturated heterocycles. The van der Waals surface area contributed by atoms with Gasteiger partial charge in [0.15, 0.2) is 5.60 Å². The molecule has 0 heterocycles. The van der Waals surface area contributed by atoms with Crippen molar-refractivity contribution in [2.24, 2.45) is 0 Å². The summed E-state index contributed by atoms with van der Waals surface area (Å²) in [5, 5.41) is 14.2. The van der Waals surface area contributed by atoms with Crippen LogP contribution in [0.15, 0.2) is 48.5 Å². The number of amides is 1. The van der Waals surface area contributed by atoms with Gasteiger partial charge in [-0.25, -0.2) is 0 Å². The van der Waals surface area contributed by atoms with E-state index in [4.69, 9.17) is 16.3 Å². The third-order valence-corrected chi connectivity index (χ3v) is 4.72. The minimum absolute atomic E-state index is 0.188. The van der Waals surface area contributed by atoms with Crippen LogP contribution in [-0.2, 0) is 17.6 Å². The minimum atomic E-state index is -1.06. The van der Waals surface area contributed by atoms with Crippen LogP contribution in [0.1, 0.15) is 25.0 Å². The fraction of sp³-hybridized carbons (Fsp3) is 0.350. The monoisotopic (exact) mass is 359 g/mol. The number of ether oxygens (including phenoxy) is 1. The summed E-state index contributed by atoms with van der Waals surface area (Å²) < 4.78 is 5.78. The average molecular weight is 360 g/mol. The van der Waals surface area contributed by atoms with E-state index in [1.54, 1.807) is 38.1 Å². The molecule has 0 atom stereocenters. The van der Waals surface area contributed by atoms with Gasteiger partial charge in [0.25, 0.3) is 5.91 Å². The molecule has 1 amide bonds. The quantitative estimate of drug-likeness (QED) is 0.862. The molecule has 2 aromatic rings. The molecule has 4 nitrogen and oxygen atoms in total. The van der Waals surface area contributed by atoms with E-state index in [0.29, 0.717) is 23.6 Å². The van der Waals surface area contributed by atoms with Gasteiger partial charge in [-0.2, -0.15) is 0 Å². The standard InChI is InChI=1S/C20H22ClNO3/c1-19(2,25-17-9-7-16(21)8-10-17)18(23)22-13-20(24)11-14-5-3-4-6-15(14)12-20/h3-10,24H,11-13H2,1-2H3,(H,22,23). The highest BCUT2D eigenvalue weighted by molar-refractivity contribution is 6.30. The van der Waals surface area contributed by atoms with Crippen molar-refractivity contribution < 1.29 is 14.6 Å². The van der Waals surface area contributed by atoms with Crippen LogP contribution in [0.2, 0.25) is 5.02 Å². The van der Waals surface area contributed by atoms with E-state index in [0.717, 1.165) is 11.1 Å². The first-order chi connectivity index (χ1) is 11.8. The number of hydrogen-bond donors (Lipinski definition) is 2. The van der Waals surface area contributed by atoms with Gasteiger partial charge in [-0.05, 0) is 49.2 Å². The van der Waals surface area contributed by atoms with Gasteiger partial charge in [0.05, 0.1) is 5.60 Å². The molecule has 132 valence electrons. The van der Waals surface area contributed by atoms with Gasteiger partial charge < -0.3 is 15.2 Å². The summed E-state index contributed by atoms with van der Waals surface area (Å²) in [5.41, 5.74) is 0.262. The van der Waals surface area contributed by atoms with Gasteiger partial charge >= 0.3 is 0 Å². The number of halogens is 1. The maximum absolute atomic E-state index is 12.5. The molecular weight excluding hydrogens is 338 g/mol. The first kappa shape index (κ1) is 17.8. The van der Waals surface area contributed by atoms with E-state index in [2.05, 4.69) is 5.32 Å². The second-order valence-electron chi connectivity index (χ2n) is 7.10. The maximum atomic E-state index is 12.5. The van der Waals surface area contributed by atoms with Crippen molar-refractivity contribution in [1.29, 1.82) is 0 Å². The Morgan fingerprint density at radius 1 is 1.16 bits per heavy atom. The Morgan fingerprint density at radius 3 is 2.28 bits per heavy atom. The van der Waals surface area contributed by atoms with Crippen LogP contribution in [0, 0.1) is 0 Å². The second-order valence-corrected chi connectivity index (χ2v) is 7.53. The van der Waals surface area contributed by atoms with Gasteiger partial charge in [0.2, 0.25) is 0 Å². The van der Waals surface area contributed by atoms with Crippen LogP contribution < -0.4 is 10.1 Å². The fourth-order valence-electron chi connectivity index (χ4n) is 3.10.